The van der Waals surface area contributed by atoms with Crippen LogP contribution in [0.1, 0.15) is 51.2 Å². The fraction of sp³-hybridized carbons (Fsp3) is 0.550. The van der Waals surface area contributed by atoms with E-state index >= 15 is 0 Å². The number of carbonyl (C=O) groups excluding carboxylic acids is 1. The van der Waals surface area contributed by atoms with Crippen molar-refractivity contribution in [2.75, 3.05) is 19.6 Å². The molecule has 2 heterocycles. The second kappa shape index (κ2) is 9.22. The minimum absolute atomic E-state index is 0.0481. The van der Waals surface area contributed by atoms with Crippen molar-refractivity contribution in [1.82, 2.24) is 19.3 Å². The van der Waals surface area contributed by atoms with Crippen LogP contribution < -0.4 is 0 Å². The number of hydrogen-bond donors (Lipinski definition) is 0. The lowest BCUT2D eigenvalue weighted by atomic mass is 10.1. The van der Waals surface area contributed by atoms with Crippen LogP contribution in [0.2, 0.25) is 0 Å². The van der Waals surface area contributed by atoms with Gasteiger partial charge in [-0.3, -0.25) is 4.79 Å². The van der Waals surface area contributed by atoms with Crippen molar-refractivity contribution in [2.24, 2.45) is 0 Å². The third-order valence-corrected chi connectivity index (χ3v) is 7.09. The van der Waals surface area contributed by atoms with Gasteiger partial charge in [0.15, 0.2) is 5.82 Å². The Bertz CT molecular complexity index is 975. The molecule has 1 aliphatic rings. The maximum absolute atomic E-state index is 13.2. The van der Waals surface area contributed by atoms with E-state index in [4.69, 9.17) is 4.52 Å². The second-order valence-electron chi connectivity index (χ2n) is 7.78. The molecular weight excluding hydrogens is 411 g/mol. The van der Waals surface area contributed by atoms with Crippen molar-refractivity contribution < 1.29 is 22.1 Å². The number of halogens is 1. The first-order valence-corrected chi connectivity index (χ1v) is 11.5. The molecule has 2 aromatic rings. The lowest BCUT2D eigenvalue weighted by Crippen LogP contribution is -2.51. The van der Waals surface area contributed by atoms with E-state index in [1.165, 1.54) is 23.4 Å². The van der Waals surface area contributed by atoms with Crippen LogP contribution in [0.3, 0.4) is 0 Å². The summed E-state index contributed by atoms with van der Waals surface area (Å²) in [4.78, 5) is 18.4. The standard InChI is InChI=1S/C20H27FN4O4S/c1-14(2)20-22-19(23-29-20)10-12-25(15(3)26)17-5-4-11-24(13-17)30(27,28)18-8-6-16(21)7-9-18/h6-9,14,17H,4-5,10-13H2,1-3H3. The molecule has 1 aromatic carbocycles. The summed E-state index contributed by atoms with van der Waals surface area (Å²) >= 11 is 0. The van der Waals surface area contributed by atoms with Gasteiger partial charge in [-0.25, -0.2) is 12.8 Å². The Morgan fingerprint density at radius 1 is 1.33 bits per heavy atom. The van der Waals surface area contributed by atoms with Gasteiger partial charge < -0.3 is 9.42 Å². The lowest BCUT2D eigenvalue weighted by Gasteiger charge is -2.38. The van der Waals surface area contributed by atoms with E-state index in [0.717, 1.165) is 12.1 Å². The predicted molar refractivity (Wildman–Crippen MR) is 108 cm³/mol. The molecule has 0 bridgehead atoms. The van der Waals surface area contributed by atoms with Crippen LogP contribution in [0.4, 0.5) is 4.39 Å². The van der Waals surface area contributed by atoms with Crippen LogP contribution in [0.5, 0.6) is 0 Å². The average molecular weight is 439 g/mol. The summed E-state index contributed by atoms with van der Waals surface area (Å²) < 4.78 is 45.7. The molecule has 10 heteroatoms. The normalized spacial score (nSPS) is 18.0. The number of benzene rings is 1. The molecular formula is C20H27FN4O4S. The number of piperidine rings is 1. The Balaban J connectivity index is 1.70. The van der Waals surface area contributed by atoms with E-state index in [2.05, 4.69) is 10.1 Å². The van der Waals surface area contributed by atoms with Crippen LogP contribution in [0.25, 0.3) is 0 Å². The molecule has 1 saturated heterocycles. The van der Waals surface area contributed by atoms with Crippen molar-refractivity contribution in [1.29, 1.82) is 0 Å². The first kappa shape index (κ1) is 22.4. The highest BCUT2D eigenvalue weighted by Gasteiger charge is 2.33. The average Bonchev–Trinajstić information content (AvgIpc) is 3.18. The van der Waals surface area contributed by atoms with E-state index in [1.807, 2.05) is 13.8 Å². The molecule has 0 spiro atoms. The molecule has 0 aliphatic carbocycles. The maximum atomic E-state index is 13.2. The summed E-state index contributed by atoms with van der Waals surface area (Å²) in [5, 5.41) is 3.95. The Morgan fingerprint density at radius 3 is 2.63 bits per heavy atom. The molecule has 1 amide bonds. The van der Waals surface area contributed by atoms with Gasteiger partial charge in [0, 0.05) is 44.9 Å². The smallest absolute Gasteiger partial charge is 0.243 e. The van der Waals surface area contributed by atoms with Crippen molar-refractivity contribution in [2.45, 2.75) is 56.9 Å². The number of hydrogen-bond acceptors (Lipinski definition) is 6. The fourth-order valence-electron chi connectivity index (χ4n) is 3.57. The number of aromatic nitrogens is 2. The van der Waals surface area contributed by atoms with Gasteiger partial charge in [0.05, 0.1) is 4.90 Å². The molecule has 30 heavy (non-hydrogen) atoms. The summed E-state index contributed by atoms with van der Waals surface area (Å²) in [5.41, 5.74) is 0. The zero-order valence-corrected chi connectivity index (χ0v) is 18.2. The molecule has 0 N–H and O–H groups in total. The predicted octanol–water partition coefficient (Wildman–Crippen LogP) is 2.58. The molecule has 1 aliphatic heterocycles. The van der Waals surface area contributed by atoms with Crippen LogP contribution in [0.15, 0.2) is 33.7 Å². The number of carbonyl (C=O) groups is 1. The van der Waals surface area contributed by atoms with Gasteiger partial charge in [-0.1, -0.05) is 19.0 Å². The van der Waals surface area contributed by atoms with Crippen molar-refractivity contribution in [3.63, 3.8) is 0 Å². The van der Waals surface area contributed by atoms with E-state index in [0.29, 0.717) is 44.1 Å². The van der Waals surface area contributed by atoms with Crippen LogP contribution in [-0.4, -0.2) is 59.3 Å². The van der Waals surface area contributed by atoms with Crippen LogP contribution >= 0.6 is 0 Å². The number of sulfonamides is 1. The SMILES string of the molecule is CC(=O)N(CCc1noc(C(C)C)n1)C1CCCN(S(=O)(=O)c2ccc(F)cc2)C1. The number of nitrogens with zero attached hydrogens (tertiary/aromatic N) is 4. The third-order valence-electron chi connectivity index (χ3n) is 5.21. The van der Waals surface area contributed by atoms with E-state index in [1.54, 1.807) is 4.90 Å². The van der Waals surface area contributed by atoms with Gasteiger partial charge in [-0.2, -0.15) is 9.29 Å². The topological polar surface area (TPSA) is 96.6 Å². The van der Waals surface area contributed by atoms with E-state index < -0.39 is 15.8 Å². The van der Waals surface area contributed by atoms with Gasteiger partial charge in [-0.15, -0.1) is 0 Å². The third kappa shape index (κ3) is 5.04. The minimum atomic E-state index is -3.76. The highest BCUT2D eigenvalue weighted by Crippen LogP contribution is 2.24. The number of amides is 1. The molecule has 0 saturated carbocycles. The highest BCUT2D eigenvalue weighted by molar-refractivity contribution is 7.89. The lowest BCUT2D eigenvalue weighted by molar-refractivity contribution is -0.131. The highest BCUT2D eigenvalue weighted by atomic mass is 32.2. The monoisotopic (exact) mass is 438 g/mol. The van der Waals surface area contributed by atoms with E-state index in [-0.39, 0.29) is 29.3 Å². The molecule has 8 nitrogen and oxygen atoms in total. The molecule has 1 fully saturated rings. The van der Waals surface area contributed by atoms with Gasteiger partial charge in [0.1, 0.15) is 5.82 Å². The maximum Gasteiger partial charge on any atom is 0.243 e. The summed E-state index contributed by atoms with van der Waals surface area (Å²) in [6.45, 7) is 6.33. The molecule has 1 aromatic heterocycles. The van der Waals surface area contributed by atoms with Gasteiger partial charge in [0.2, 0.25) is 21.8 Å². The largest absolute Gasteiger partial charge is 0.339 e. The fourth-order valence-corrected chi connectivity index (χ4v) is 5.09. The number of rotatable bonds is 7. The van der Waals surface area contributed by atoms with Crippen LogP contribution in [-0.2, 0) is 21.2 Å². The zero-order valence-electron chi connectivity index (χ0n) is 17.4. The summed E-state index contributed by atoms with van der Waals surface area (Å²) in [7, 11) is -3.76. The second-order valence-corrected chi connectivity index (χ2v) is 9.72. The Hall–Kier alpha value is -2.33. The van der Waals surface area contributed by atoms with Crippen LogP contribution in [0, 0.1) is 5.82 Å². The Kier molecular flexibility index (Phi) is 6.87. The molecule has 1 unspecified atom stereocenters. The van der Waals surface area contributed by atoms with Crippen molar-refractivity contribution in [3.05, 3.63) is 41.8 Å². The van der Waals surface area contributed by atoms with Gasteiger partial charge >= 0.3 is 0 Å². The Morgan fingerprint density at radius 2 is 2.03 bits per heavy atom. The molecule has 0 radical (unpaired) electrons. The first-order chi connectivity index (χ1) is 14.2. The quantitative estimate of drug-likeness (QED) is 0.659. The molecule has 3 rings (SSSR count). The zero-order chi connectivity index (χ0) is 21.9. The van der Waals surface area contributed by atoms with Crippen molar-refractivity contribution >= 4 is 15.9 Å². The van der Waals surface area contributed by atoms with Gasteiger partial charge in [-0.05, 0) is 37.1 Å². The van der Waals surface area contributed by atoms with Crippen molar-refractivity contribution in [3.8, 4) is 0 Å². The Labute approximate surface area is 176 Å². The minimum Gasteiger partial charge on any atom is -0.339 e. The summed E-state index contributed by atoms with van der Waals surface area (Å²) in [6.07, 6.45) is 1.77. The summed E-state index contributed by atoms with van der Waals surface area (Å²) in [6, 6.07) is 4.54. The van der Waals surface area contributed by atoms with Gasteiger partial charge in [0.25, 0.3) is 0 Å². The molecule has 1 atom stereocenters. The van der Waals surface area contributed by atoms with E-state index in [9.17, 15) is 17.6 Å². The molecule has 164 valence electrons. The first-order valence-electron chi connectivity index (χ1n) is 10.0. The summed E-state index contributed by atoms with van der Waals surface area (Å²) in [5.74, 6) is 0.577.